The molecule has 3 rings (SSSR count). The van der Waals surface area contributed by atoms with Gasteiger partial charge in [0, 0.05) is 31.8 Å². The maximum absolute atomic E-state index is 5.64. The summed E-state index contributed by atoms with van der Waals surface area (Å²) in [7, 11) is 0. The Balaban J connectivity index is 1.80. The fourth-order valence-electron chi connectivity index (χ4n) is 2.37. The maximum atomic E-state index is 5.64. The molecule has 2 aromatic heterocycles. The van der Waals surface area contributed by atoms with Crippen LogP contribution in [0.4, 0.5) is 11.9 Å². The highest BCUT2D eigenvalue weighted by Gasteiger charge is 2.18. The molecule has 0 aromatic carbocycles. The standard InChI is InChI=1S/C15H21N7O2/c1-3-16-13-17-14(22-9-5-6-10-22)19-15(18-13)24-12-8-7-11(20-21-12)23-4-2/h7-8H,3-6,9-10H2,1-2H3,(H,16,17,18,19). The Bertz CT molecular complexity index is 659. The second-order valence-electron chi connectivity index (χ2n) is 5.21. The number of aromatic nitrogens is 5. The molecular formula is C15H21N7O2. The van der Waals surface area contributed by atoms with Crippen molar-refractivity contribution >= 4 is 11.9 Å². The Morgan fingerprint density at radius 2 is 1.79 bits per heavy atom. The van der Waals surface area contributed by atoms with Gasteiger partial charge in [0.25, 0.3) is 0 Å². The normalized spacial score (nSPS) is 13.8. The van der Waals surface area contributed by atoms with Gasteiger partial charge in [0.15, 0.2) is 0 Å². The summed E-state index contributed by atoms with van der Waals surface area (Å²) in [6.45, 7) is 7.01. The molecule has 9 nitrogen and oxygen atoms in total. The van der Waals surface area contributed by atoms with E-state index < -0.39 is 0 Å². The summed E-state index contributed by atoms with van der Waals surface area (Å²) in [6.07, 6.45) is 2.28. The van der Waals surface area contributed by atoms with E-state index in [1.54, 1.807) is 12.1 Å². The Morgan fingerprint density at radius 3 is 2.46 bits per heavy atom. The van der Waals surface area contributed by atoms with Crippen LogP contribution in [0, 0.1) is 0 Å². The lowest BCUT2D eigenvalue weighted by Gasteiger charge is -2.16. The second-order valence-corrected chi connectivity index (χ2v) is 5.21. The van der Waals surface area contributed by atoms with Gasteiger partial charge in [-0.25, -0.2) is 0 Å². The van der Waals surface area contributed by atoms with E-state index in [-0.39, 0.29) is 6.01 Å². The number of rotatable bonds is 7. The van der Waals surface area contributed by atoms with Crippen LogP contribution < -0.4 is 19.7 Å². The van der Waals surface area contributed by atoms with Crippen LogP contribution in [0.15, 0.2) is 12.1 Å². The predicted molar refractivity (Wildman–Crippen MR) is 88.7 cm³/mol. The van der Waals surface area contributed by atoms with Crippen molar-refractivity contribution in [1.82, 2.24) is 25.1 Å². The molecule has 0 amide bonds. The third-order valence-corrected chi connectivity index (χ3v) is 3.43. The molecule has 1 N–H and O–H groups in total. The molecule has 2 aromatic rings. The van der Waals surface area contributed by atoms with E-state index in [1.807, 2.05) is 13.8 Å². The minimum Gasteiger partial charge on any atom is -0.477 e. The molecule has 0 atom stereocenters. The first-order valence-corrected chi connectivity index (χ1v) is 8.17. The van der Waals surface area contributed by atoms with Crippen molar-refractivity contribution in [1.29, 1.82) is 0 Å². The average molecular weight is 331 g/mol. The van der Waals surface area contributed by atoms with E-state index in [4.69, 9.17) is 9.47 Å². The first kappa shape index (κ1) is 16.2. The molecule has 1 saturated heterocycles. The highest BCUT2D eigenvalue weighted by molar-refractivity contribution is 5.39. The van der Waals surface area contributed by atoms with Gasteiger partial charge in [-0.2, -0.15) is 15.0 Å². The quantitative estimate of drug-likeness (QED) is 0.815. The van der Waals surface area contributed by atoms with E-state index in [0.29, 0.717) is 36.8 Å². The molecule has 0 unspecified atom stereocenters. The molecule has 0 spiro atoms. The van der Waals surface area contributed by atoms with Gasteiger partial charge < -0.3 is 19.7 Å². The molecule has 3 heterocycles. The van der Waals surface area contributed by atoms with Crippen LogP contribution in [0.25, 0.3) is 0 Å². The summed E-state index contributed by atoms with van der Waals surface area (Å²) in [4.78, 5) is 15.2. The minimum atomic E-state index is 0.196. The number of hydrogen-bond acceptors (Lipinski definition) is 9. The molecule has 0 bridgehead atoms. The van der Waals surface area contributed by atoms with Crippen molar-refractivity contribution in [2.75, 3.05) is 36.5 Å². The van der Waals surface area contributed by atoms with E-state index in [9.17, 15) is 0 Å². The van der Waals surface area contributed by atoms with Gasteiger partial charge in [-0.05, 0) is 26.7 Å². The van der Waals surface area contributed by atoms with Crippen LogP contribution in [0.3, 0.4) is 0 Å². The number of anilines is 2. The third kappa shape index (κ3) is 3.98. The van der Waals surface area contributed by atoms with Crippen LogP contribution >= 0.6 is 0 Å². The number of nitrogens with zero attached hydrogens (tertiary/aromatic N) is 6. The fraction of sp³-hybridized carbons (Fsp3) is 0.533. The lowest BCUT2D eigenvalue weighted by Crippen LogP contribution is -2.21. The van der Waals surface area contributed by atoms with Crippen LogP contribution in [0.2, 0.25) is 0 Å². The zero-order valence-corrected chi connectivity index (χ0v) is 13.9. The van der Waals surface area contributed by atoms with Crippen molar-refractivity contribution in [3.8, 4) is 17.8 Å². The van der Waals surface area contributed by atoms with Crippen molar-refractivity contribution in [2.45, 2.75) is 26.7 Å². The zero-order chi connectivity index (χ0) is 16.8. The van der Waals surface area contributed by atoms with Crippen LogP contribution in [0.1, 0.15) is 26.7 Å². The SMILES string of the molecule is CCNc1nc(Oc2ccc(OCC)nn2)nc(N2CCCC2)n1. The first-order chi connectivity index (χ1) is 11.8. The summed E-state index contributed by atoms with van der Waals surface area (Å²) in [5, 5.41) is 11.0. The van der Waals surface area contributed by atoms with E-state index in [1.165, 1.54) is 0 Å². The summed E-state index contributed by atoms with van der Waals surface area (Å²) >= 11 is 0. The van der Waals surface area contributed by atoms with Gasteiger partial charge in [-0.1, -0.05) is 0 Å². The Labute approximate surface area is 140 Å². The Hall–Kier alpha value is -2.71. The van der Waals surface area contributed by atoms with Gasteiger partial charge in [0.2, 0.25) is 23.7 Å². The number of ether oxygens (including phenoxy) is 2. The fourth-order valence-corrected chi connectivity index (χ4v) is 2.37. The zero-order valence-electron chi connectivity index (χ0n) is 13.9. The van der Waals surface area contributed by atoms with Gasteiger partial charge in [-0.3, -0.25) is 0 Å². The molecule has 128 valence electrons. The summed E-state index contributed by atoms with van der Waals surface area (Å²) in [6, 6.07) is 3.56. The summed E-state index contributed by atoms with van der Waals surface area (Å²) in [5.41, 5.74) is 0. The van der Waals surface area contributed by atoms with E-state index >= 15 is 0 Å². The molecular weight excluding hydrogens is 310 g/mol. The average Bonchev–Trinajstić information content (AvgIpc) is 3.12. The van der Waals surface area contributed by atoms with Gasteiger partial charge in [-0.15, -0.1) is 10.2 Å². The Morgan fingerprint density at radius 1 is 1.04 bits per heavy atom. The third-order valence-electron chi connectivity index (χ3n) is 3.43. The number of nitrogens with one attached hydrogen (secondary N) is 1. The van der Waals surface area contributed by atoms with E-state index in [0.717, 1.165) is 25.9 Å². The molecule has 0 radical (unpaired) electrons. The predicted octanol–water partition coefficient (Wildman–Crippen LogP) is 1.88. The van der Waals surface area contributed by atoms with Gasteiger partial charge >= 0.3 is 6.01 Å². The molecule has 9 heteroatoms. The topological polar surface area (TPSA) is 98.2 Å². The monoisotopic (exact) mass is 331 g/mol. The van der Waals surface area contributed by atoms with Crippen molar-refractivity contribution < 1.29 is 9.47 Å². The molecule has 0 aliphatic carbocycles. The lowest BCUT2D eigenvalue weighted by atomic mass is 10.4. The highest BCUT2D eigenvalue weighted by Crippen LogP contribution is 2.22. The van der Waals surface area contributed by atoms with Crippen LogP contribution in [-0.2, 0) is 0 Å². The van der Waals surface area contributed by atoms with Crippen molar-refractivity contribution in [2.24, 2.45) is 0 Å². The smallest absolute Gasteiger partial charge is 0.330 e. The molecule has 1 fully saturated rings. The summed E-state index contributed by atoms with van der Waals surface area (Å²) < 4.78 is 10.9. The lowest BCUT2D eigenvalue weighted by molar-refractivity contribution is 0.318. The Kier molecular flexibility index (Phi) is 5.19. The molecule has 0 saturated carbocycles. The van der Waals surface area contributed by atoms with Crippen molar-refractivity contribution in [3.63, 3.8) is 0 Å². The highest BCUT2D eigenvalue weighted by atomic mass is 16.5. The molecule has 1 aliphatic heterocycles. The van der Waals surface area contributed by atoms with Crippen molar-refractivity contribution in [3.05, 3.63) is 12.1 Å². The maximum Gasteiger partial charge on any atom is 0.330 e. The molecule has 1 aliphatic rings. The van der Waals surface area contributed by atoms with Crippen LogP contribution in [-0.4, -0.2) is 51.4 Å². The number of hydrogen-bond donors (Lipinski definition) is 1. The van der Waals surface area contributed by atoms with Crippen LogP contribution in [0.5, 0.6) is 17.8 Å². The van der Waals surface area contributed by atoms with Gasteiger partial charge in [0.1, 0.15) is 0 Å². The largest absolute Gasteiger partial charge is 0.477 e. The summed E-state index contributed by atoms with van der Waals surface area (Å²) in [5.74, 6) is 1.86. The van der Waals surface area contributed by atoms with Gasteiger partial charge in [0.05, 0.1) is 6.61 Å². The molecule has 24 heavy (non-hydrogen) atoms. The van der Waals surface area contributed by atoms with E-state index in [2.05, 4.69) is 35.4 Å². The second kappa shape index (κ2) is 7.71. The first-order valence-electron chi connectivity index (χ1n) is 8.17. The minimum absolute atomic E-state index is 0.196.